The van der Waals surface area contributed by atoms with Crippen molar-refractivity contribution in [2.24, 2.45) is 0 Å². The first-order chi connectivity index (χ1) is 7.65. The van der Waals surface area contributed by atoms with Crippen LogP contribution in [0.5, 0.6) is 0 Å². The first kappa shape index (κ1) is 12.2. The van der Waals surface area contributed by atoms with Crippen LogP contribution in [0.1, 0.15) is 12.5 Å². The molecule has 0 saturated carbocycles. The lowest BCUT2D eigenvalue weighted by Gasteiger charge is -2.11. The van der Waals surface area contributed by atoms with Gasteiger partial charge in [0.25, 0.3) is 5.91 Å². The molecule has 0 fully saturated rings. The second kappa shape index (κ2) is 5.85. The Balaban J connectivity index is 2.65. The van der Waals surface area contributed by atoms with Crippen LogP contribution in [-0.4, -0.2) is 30.2 Å². The molecule has 0 unspecified atom stereocenters. The topological polar surface area (TPSA) is 37.4 Å². The maximum absolute atomic E-state index is 11.4. The average Bonchev–Trinajstić information content (AvgIpc) is 2.35. The van der Waals surface area contributed by atoms with Crippen molar-refractivity contribution in [1.29, 1.82) is 0 Å². The maximum atomic E-state index is 11.4. The Bertz CT molecular complexity index is 396. The van der Waals surface area contributed by atoms with Gasteiger partial charge >= 0.3 is 0 Å². The van der Waals surface area contributed by atoms with Crippen LogP contribution in [0.3, 0.4) is 0 Å². The number of likely N-dealkylation sites (N-methyl/N-ethyl adjacent to an activating group) is 1. The van der Waals surface area contributed by atoms with Gasteiger partial charge in [0.05, 0.1) is 0 Å². The van der Waals surface area contributed by atoms with Gasteiger partial charge in [0.15, 0.2) is 0 Å². The first-order valence-corrected chi connectivity index (χ1v) is 5.17. The van der Waals surface area contributed by atoms with Crippen LogP contribution in [-0.2, 0) is 9.59 Å². The Morgan fingerprint density at radius 3 is 2.44 bits per heavy atom. The zero-order valence-electron chi connectivity index (χ0n) is 9.51. The number of nitrogens with zero attached hydrogens (tertiary/aromatic N) is 1. The summed E-state index contributed by atoms with van der Waals surface area (Å²) < 4.78 is 0. The number of carbonyl (C=O) groups is 2. The van der Waals surface area contributed by atoms with Gasteiger partial charge in [-0.1, -0.05) is 36.4 Å². The van der Waals surface area contributed by atoms with Gasteiger partial charge in [-0.3, -0.25) is 9.59 Å². The lowest BCUT2D eigenvalue weighted by Crippen LogP contribution is -2.31. The molecular weight excluding hydrogens is 202 g/mol. The van der Waals surface area contributed by atoms with E-state index in [1.165, 1.54) is 11.0 Å². The molecule has 0 atom stereocenters. The average molecular weight is 217 g/mol. The van der Waals surface area contributed by atoms with E-state index in [2.05, 4.69) is 0 Å². The third-order valence-corrected chi connectivity index (χ3v) is 2.26. The SMILES string of the molecule is CCN(C)C(=O)C(=O)/C=C/c1ccccc1. The molecule has 0 spiro atoms. The van der Waals surface area contributed by atoms with Gasteiger partial charge in [0.1, 0.15) is 0 Å². The Kier molecular flexibility index (Phi) is 4.45. The summed E-state index contributed by atoms with van der Waals surface area (Å²) in [5.41, 5.74) is 0.905. The van der Waals surface area contributed by atoms with E-state index >= 15 is 0 Å². The molecule has 1 amide bonds. The molecule has 0 radical (unpaired) electrons. The Morgan fingerprint density at radius 2 is 1.88 bits per heavy atom. The Morgan fingerprint density at radius 1 is 1.25 bits per heavy atom. The molecule has 0 aliphatic rings. The predicted molar refractivity (Wildman–Crippen MR) is 63.8 cm³/mol. The van der Waals surface area contributed by atoms with E-state index in [9.17, 15) is 9.59 Å². The molecule has 84 valence electrons. The molecule has 0 aliphatic carbocycles. The van der Waals surface area contributed by atoms with Crippen LogP contribution < -0.4 is 0 Å². The monoisotopic (exact) mass is 217 g/mol. The fourth-order valence-corrected chi connectivity index (χ4v) is 1.14. The molecule has 0 N–H and O–H groups in total. The standard InChI is InChI=1S/C13H15NO2/c1-3-14(2)13(16)12(15)10-9-11-7-5-4-6-8-11/h4-10H,3H2,1-2H3/b10-9+. The van der Waals surface area contributed by atoms with Gasteiger partial charge in [-0.2, -0.15) is 0 Å². The van der Waals surface area contributed by atoms with E-state index < -0.39 is 11.7 Å². The number of benzene rings is 1. The smallest absolute Gasteiger partial charge is 0.294 e. The minimum Gasteiger partial charge on any atom is -0.339 e. The van der Waals surface area contributed by atoms with E-state index in [4.69, 9.17) is 0 Å². The van der Waals surface area contributed by atoms with E-state index in [0.29, 0.717) is 6.54 Å². The zero-order chi connectivity index (χ0) is 12.0. The van der Waals surface area contributed by atoms with Gasteiger partial charge in [-0.05, 0) is 18.6 Å². The number of rotatable bonds is 4. The van der Waals surface area contributed by atoms with Gasteiger partial charge in [0.2, 0.25) is 5.78 Å². The molecule has 0 aromatic heterocycles. The van der Waals surface area contributed by atoms with Crippen LogP contribution in [0.4, 0.5) is 0 Å². The van der Waals surface area contributed by atoms with E-state index in [-0.39, 0.29) is 0 Å². The van der Waals surface area contributed by atoms with E-state index in [1.54, 1.807) is 13.1 Å². The van der Waals surface area contributed by atoms with Crippen molar-refractivity contribution in [3.05, 3.63) is 42.0 Å². The lowest BCUT2D eigenvalue weighted by atomic mass is 10.2. The molecule has 0 heterocycles. The van der Waals surface area contributed by atoms with Crippen LogP contribution in [0.25, 0.3) is 6.08 Å². The summed E-state index contributed by atoms with van der Waals surface area (Å²) in [4.78, 5) is 24.2. The second-order valence-electron chi connectivity index (χ2n) is 3.43. The molecular formula is C13H15NO2. The molecule has 1 aromatic carbocycles. The van der Waals surface area contributed by atoms with Crippen molar-refractivity contribution in [2.75, 3.05) is 13.6 Å². The number of carbonyl (C=O) groups excluding carboxylic acids is 2. The number of hydrogen-bond donors (Lipinski definition) is 0. The highest BCUT2D eigenvalue weighted by molar-refractivity contribution is 6.41. The largest absolute Gasteiger partial charge is 0.339 e. The van der Waals surface area contributed by atoms with Crippen molar-refractivity contribution in [2.45, 2.75) is 6.92 Å². The lowest BCUT2D eigenvalue weighted by molar-refractivity contribution is -0.141. The molecule has 3 nitrogen and oxygen atoms in total. The number of ketones is 1. The van der Waals surface area contributed by atoms with Gasteiger partial charge in [-0.25, -0.2) is 0 Å². The summed E-state index contributed by atoms with van der Waals surface area (Å²) in [5, 5.41) is 0. The molecule has 1 aromatic rings. The molecule has 3 heteroatoms. The predicted octanol–water partition coefficient (Wildman–Crippen LogP) is 1.75. The summed E-state index contributed by atoms with van der Waals surface area (Å²) in [6, 6.07) is 9.40. The number of amides is 1. The Hall–Kier alpha value is -1.90. The summed E-state index contributed by atoms with van der Waals surface area (Å²) in [6.45, 7) is 2.36. The summed E-state index contributed by atoms with van der Waals surface area (Å²) in [7, 11) is 1.61. The highest BCUT2D eigenvalue weighted by Crippen LogP contribution is 2.01. The fourth-order valence-electron chi connectivity index (χ4n) is 1.14. The van der Waals surface area contributed by atoms with Gasteiger partial charge < -0.3 is 4.90 Å². The second-order valence-corrected chi connectivity index (χ2v) is 3.43. The molecule has 0 saturated heterocycles. The van der Waals surface area contributed by atoms with Crippen molar-refractivity contribution in [3.63, 3.8) is 0 Å². The van der Waals surface area contributed by atoms with Gasteiger partial charge in [-0.15, -0.1) is 0 Å². The van der Waals surface area contributed by atoms with Crippen molar-refractivity contribution >= 4 is 17.8 Å². The minimum atomic E-state index is -0.492. The Labute approximate surface area is 95.4 Å². The van der Waals surface area contributed by atoms with Crippen molar-refractivity contribution < 1.29 is 9.59 Å². The summed E-state index contributed by atoms with van der Waals surface area (Å²) in [6.07, 6.45) is 2.95. The highest BCUT2D eigenvalue weighted by atomic mass is 16.2. The van der Waals surface area contributed by atoms with Crippen molar-refractivity contribution in [1.82, 2.24) is 4.90 Å². The number of hydrogen-bond acceptors (Lipinski definition) is 2. The van der Waals surface area contributed by atoms with Crippen LogP contribution in [0.15, 0.2) is 36.4 Å². The van der Waals surface area contributed by atoms with Crippen LogP contribution in [0, 0.1) is 0 Å². The quantitative estimate of drug-likeness (QED) is 0.569. The molecule has 0 aliphatic heterocycles. The van der Waals surface area contributed by atoms with Crippen molar-refractivity contribution in [3.8, 4) is 0 Å². The molecule has 0 bridgehead atoms. The van der Waals surface area contributed by atoms with Crippen LogP contribution >= 0.6 is 0 Å². The minimum absolute atomic E-state index is 0.477. The first-order valence-electron chi connectivity index (χ1n) is 5.17. The summed E-state index contributed by atoms with van der Waals surface area (Å²) >= 11 is 0. The van der Waals surface area contributed by atoms with Crippen LogP contribution in [0.2, 0.25) is 0 Å². The zero-order valence-corrected chi connectivity index (χ0v) is 9.51. The van der Waals surface area contributed by atoms with E-state index in [1.807, 2.05) is 37.3 Å². The third-order valence-electron chi connectivity index (χ3n) is 2.26. The molecule has 16 heavy (non-hydrogen) atoms. The maximum Gasteiger partial charge on any atom is 0.294 e. The van der Waals surface area contributed by atoms with E-state index in [0.717, 1.165) is 5.56 Å². The fraction of sp³-hybridized carbons (Fsp3) is 0.231. The third kappa shape index (κ3) is 3.35. The summed E-state index contributed by atoms with van der Waals surface area (Å²) in [5.74, 6) is -0.970. The normalized spacial score (nSPS) is 10.4. The van der Waals surface area contributed by atoms with Gasteiger partial charge in [0, 0.05) is 13.6 Å². The molecule has 1 rings (SSSR count). The highest BCUT2D eigenvalue weighted by Gasteiger charge is 2.13.